The Morgan fingerprint density at radius 3 is 2.20 bits per heavy atom. The van der Waals surface area contributed by atoms with Crippen LogP contribution in [-0.2, 0) is 0 Å². The van der Waals surface area contributed by atoms with Gasteiger partial charge in [0.2, 0.25) is 0 Å². The Labute approximate surface area is 97.2 Å². The highest BCUT2D eigenvalue weighted by Gasteiger charge is 2.34. The van der Waals surface area contributed by atoms with Gasteiger partial charge in [-0.05, 0) is 38.0 Å². The third-order valence-electron chi connectivity index (χ3n) is 2.52. The summed E-state index contributed by atoms with van der Waals surface area (Å²) in [5.74, 6) is 1.53. The molecule has 1 aliphatic rings. The van der Waals surface area contributed by atoms with Gasteiger partial charge in [-0.1, -0.05) is 12.1 Å². The smallest absolute Gasteiger partial charge is 0.119 e. The van der Waals surface area contributed by atoms with Gasteiger partial charge in [-0.15, -0.1) is 12.4 Å². The van der Waals surface area contributed by atoms with Crippen LogP contribution in [0.5, 0.6) is 5.75 Å². The van der Waals surface area contributed by atoms with Crippen molar-refractivity contribution in [2.45, 2.75) is 38.3 Å². The van der Waals surface area contributed by atoms with Crippen molar-refractivity contribution >= 4 is 12.4 Å². The number of halogens is 1. The molecule has 1 aromatic rings. The SMILES string of the molecule is CC(C)Oc1ccc(C2CC2N)cc1.Cl. The van der Waals surface area contributed by atoms with Crippen LogP contribution in [-0.4, -0.2) is 12.1 Å². The summed E-state index contributed by atoms with van der Waals surface area (Å²) in [5.41, 5.74) is 7.13. The maximum absolute atomic E-state index is 5.79. The van der Waals surface area contributed by atoms with E-state index in [-0.39, 0.29) is 18.5 Å². The van der Waals surface area contributed by atoms with Crippen LogP contribution < -0.4 is 10.5 Å². The standard InChI is InChI=1S/C12H17NO.ClH/c1-8(2)14-10-5-3-9(4-6-10)11-7-12(11)13;/h3-6,8,11-12H,7,13H2,1-2H3;1H. The first-order valence-corrected chi connectivity index (χ1v) is 5.19. The van der Waals surface area contributed by atoms with Crippen LogP contribution in [0.15, 0.2) is 24.3 Å². The lowest BCUT2D eigenvalue weighted by molar-refractivity contribution is 0.242. The van der Waals surface area contributed by atoms with Crippen molar-refractivity contribution < 1.29 is 4.74 Å². The molecule has 2 unspecified atom stereocenters. The Morgan fingerprint density at radius 2 is 1.80 bits per heavy atom. The summed E-state index contributed by atoms with van der Waals surface area (Å²) < 4.78 is 5.56. The number of hydrogen-bond donors (Lipinski definition) is 1. The molecule has 84 valence electrons. The molecule has 1 aliphatic carbocycles. The highest BCUT2D eigenvalue weighted by Crippen LogP contribution is 2.39. The van der Waals surface area contributed by atoms with Gasteiger partial charge in [0, 0.05) is 12.0 Å². The zero-order valence-electron chi connectivity index (χ0n) is 9.14. The highest BCUT2D eigenvalue weighted by atomic mass is 35.5. The maximum Gasteiger partial charge on any atom is 0.119 e. The lowest BCUT2D eigenvalue weighted by Gasteiger charge is -2.09. The summed E-state index contributed by atoms with van der Waals surface area (Å²) in [6.07, 6.45) is 1.37. The molecular weight excluding hydrogens is 210 g/mol. The third-order valence-corrected chi connectivity index (χ3v) is 2.52. The van der Waals surface area contributed by atoms with Gasteiger partial charge in [0.1, 0.15) is 5.75 Å². The Hall–Kier alpha value is -0.730. The fraction of sp³-hybridized carbons (Fsp3) is 0.500. The van der Waals surface area contributed by atoms with E-state index in [9.17, 15) is 0 Å². The van der Waals surface area contributed by atoms with Crippen LogP contribution >= 0.6 is 12.4 Å². The maximum atomic E-state index is 5.79. The second-order valence-electron chi connectivity index (χ2n) is 4.24. The highest BCUT2D eigenvalue weighted by molar-refractivity contribution is 5.85. The zero-order valence-corrected chi connectivity index (χ0v) is 9.96. The van der Waals surface area contributed by atoms with E-state index in [0.717, 1.165) is 12.2 Å². The van der Waals surface area contributed by atoms with E-state index in [2.05, 4.69) is 12.1 Å². The third kappa shape index (κ3) is 3.11. The monoisotopic (exact) mass is 227 g/mol. The summed E-state index contributed by atoms with van der Waals surface area (Å²) >= 11 is 0. The molecule has 0 spiro atoms. The summed E-state index contributed by atoms with van der Waals surface area (Å²) in [4.78, 5) is 0. The predicted octanol–water partition coefficient (Wildman–Crippen LogP) is 2.71. The number of benzene rings is 1. The number of rotatable bonds is 3. The number of nitrogens with two attached hydrogens (primary N) is 1. The molecule has 15 heavy (non-hydrogen) atoms. The molecule has 2 N–H and O–H groups in total. The second-order valence-corrected chi connectivity index (χ2v) is 4.24. The van der Waals surface area contributed by atoms with Gasteiger partial charge in [0.05, 0.1) is 6.10 Å². The largest absolute Gasteiger partial charge is 0.491 e. The van der Waals surface area contributed by atoms with Crippen molar-refractivity contribution in [3.8, 4) is 5.75 Å². The molecule has 0 bridgehead atoms. The van der Waals surface area contributed by atoms with E-state index in [0.29, 0.717) is 12.0 Å². The van der Waals surface area contributed by atoms with Gasteiger partial charge in [0.25, 0.3) is 0 Å². The molecule has 1 saturated carbocycles. The van der Waals surface area contributed by atoms with Crippen molar-refractivity contribution in [3.05, 3.63) is 29.8 Å². The predicted molar refractivity (Wildman–Crippen MR) is 64.8 cm³/mol. The summed E-state index contributed by atoms with van der Waals surface area (Å²) in [7, 11) is 0. The van der Waals surface area contributed by atoms with E-state index < -0.39 is 0 Å². The van der Waals surface area contributed by atoms with Crippen LogP contribution in [0.1, 0.15) is 31.7 Å². The Kier molecular flexibility index (Phi) is 4.00. The van der Waals surface area contributed by atoms with E-state index in [1.165, 1.54) is 5.56 Å². The number of hydrogen-bond acceptors (Lipinski definition) is 2. The van der Waals surface area contributed by atoms with Crippen LogP contribution in [0, 0.1) is 0 Å². The van der Waals surface area contributed by atoms with Gasteiger partial charge >= 0.3 is 0 Å². The molecule has 0 aliphatic heterocycles. The minimum Gasteiger partial charge on any atom is -0.491 e. The fourth-order valence-corrected chi connectivity index (χ4v) is 1.66. The molecule has 0 heterocycles. The van der Waals surface area contributed by atoms with E-state index in [4.69, 9.17) is 10.5 Å². The first-order valence-electron chi connectivity index (χ1n) is 5.19. The van der Waals surface area contributed by atoms with E-state index in [1.54, 1.807) is 0 Å². The van der Waals surface area contributed by atoms with Crippen molar-refractivity contribution in [2.75, 3.05) is 0 Å². The summed E-state index contributed by atoms with van der Waals surface area (Å²) in [6.45, 7) is 4.06. The normalized spacial score (nSPS) is 23.5. The molecule has 2 nitrogen and oxygen atoms in total. The summed E-state index contributed by atoms with van der Waals surface area (Å²) in [5, 5.41) is 0. The molecule has 2 atom stereocenters. The summed E-state index contributed by atoms with van der Waals surface area (Å²) in [6, 6.07) is 8.68. The molecule has 2 rings (SSSR count). The topological polar surface area (TPSA) is 35.2 Å². The first kappa shape index (κ1) is 12.3. The first-order chi connectivity index (χ1) is 6.66. The minimum absolute atomic E-state index is 0. The van der Waals surface area contributed by atoms with E-state index in [1.807, 2.05) is 26.0 Å². The molecule has 0 amide bonds. The second kappa shape index (κ2) is 4.86. The Balaban J connectivity index is 0.00000112. The van der Waals surface area contributed by atoms with Gasteiger partial charge in [-0.3, -0.25) is 0 Å². The van der Waals surface area contributed by atoms with Crippen LogP contribution in [0.25, 0.3) is 0 Å². The van der Waals surface area contributed by atoms with Crippen molar-refractivity contribution in [2.24, 2.45) is 5.73 Å². The van der Waals surface area contributed by atoms with Crippen molar-refractivity contribution in [1.82, 2.24) is 0 Å². The fourth-order valence-electron chi connectivity index (χ4n) is 1.66. The average Bonchev–Trinajstić information content (AvgIpc) is 2.83. The van der Waals surface area contributed by atoms with Gasteiger partial charge in [-0.2, -0.15) is 0 Å². The van der Waals surface area contributed by atoms with Crippen LogP contribution in [0.3, 0.4) is 0 Å². The average molecular weight is 228 g/mol. The molecule has 0 saturated heterocycles. The van der Waals surface area contributed by atoms with Crippen LogP contribution in [0.4, 0.5) is 0 Å². The molecule has 0 aromatic heterocycles. The molecule has 0 radical (unpaired) electrons. The molecular formula is C12H18ClNO. The van der Waals surface area contributed by atoms with E-state index >= 15 is 0 Å². The minimum atomic E-state index is 0. The Bertz CT molecular complexity index is 310. The van der Waals surface area contributed by atoms with Crippen molar-refractivity contribution in [3.63, 3.8) is 0 Å². The number of ether oxygens (including phenoxy) is 1. The lowest BCUT2D eigenvalue weighted by Crippen LogP contribution is -2.05. The van der Waals surface area contributed by atoms with Crippen LogP contribution in [0.2, 0.25) is 0 Å². The van der Waals surface area contributed by atoms with Crippen molar-refractivity contribution in [1.29, 1.82) is 0 Å². The van der Waals surface area contributed by atoms with Gasteiger partial charge < -0.3 is 10.5 Å². The quantitative estimate of drug-likeness (QED) is 0.862. The van der Waals surface area contributed by atoms with Gasteiger partial charge in [0.15, 0.2) is 0 Å². The lowest BCUT2D eigenvalue weighted by atomic mass is 10.1. The molecule has 1 fully saturated rings. The molecule has 1 aromatic carbocycles. The Morgan fingerprint density at radius 1 is 1.27 bits per heavy atom. The van der Waals surface area contributed by atoms with Gasteiger partial charge in [-0.25, -0.2) is 0 Å². The zero-order chi connectivity index (χ0) is 10.1. The molecule has 3 heteroatoms.